The molecular weight excluding hydrogens is 327 g/mol. The van der Waals surface area contributed by atoms with E-state index in [0.717, 1.165) is 26.1 Å². The van der Waals surface area contributed by atoms with E-state index in [1.807, 2.05) is 25.1 Å². The third-order valence-corrected chi connectivity index (χ3v) is 5.25. The SMILES string of the molecule is CCOC(=O)c1cc(F)cc(-c2cccc3c(C)c(CO)sc23)c1. The van der Waals surface area contributed by atoms with Gasteiger partial charge in [0, 0.05) is 9.58 Å². The number of aryl methyl sites for hydroxylation is 1. The summed E-state index contributed by atoms with van der Waals surface area (Å²) in [4.78, 5) is 12.8. The molecule has 0 spiro atoms. The summed E-state index contributed by atoms with van der Waals surface area (Å²) >= 11 is 1.49. The third-order valence-electron chi connectivity index (χ3n) is 3.93. The molecule has 0 bridgehead atoms. The van der Waals surface area contributed by atoms with Gasteiger partial charge in [-0.1, -0.05) is 18.2 Å². The molecule has 5 heteroatoms. The van der Waals surface area contributed by atoms with Crippen LogP contribution < -0.4 is 0 Å². The predicted molar refractivity (Wildman–Crippen MR) is 93.8 cm³/mol. The second-order valence-corrected chi connectivity index (χ2v) is 6.54. The molecule has 24 heavy (non-hydrogen) atoms. The number of carbonyl (C=O) groups excluding carboxylic acids is 1. The molecule has 0 fully saturated rings. The normalized spacial score (nSPS) is 11.0. The number of thiophene rings is 1. The van der Waals surface area contributed by atoms with Crippen molar-refractivity contribution in [3.63, 3.8) is 0 Å². The molecule has 0 radical (unpaired) electrons. The van der Waals surface area contributed by atoms with Crippen LogP contribution in [0.15, 0.2) is 36.4 Å². The van der Waals surface area contributed by atoms with Gasteiger partial charge in [0.05, 0.1) is 18.8 Å². The predicted octanol–water partition coefficient (Wildman–Crippen LogP) is 4.68. The summed E-state index contributed by atoms with van der Waals surface area (Å²) in [6.45, 7) is 3.89. The number of rotatable bonds is 4. The van der Waals surface area contributed by atoms with Crippen LogP contribution >= 0.6 is 11.3 Å². The van der Waals surface area contributed by atoms with Gasteiger partial charge in [0.15, 0.2) is 0 Å². The van der Waals surface area contributed by atoms with Crippen molar-refractivity contribution >= 4 is 27.4 Å². The third kappa shape index (κ3) is 2.92. The molecule has 1 aromatic heterocycles. The van der Waals surface area contributed by atoms with Crippen molar-refractivity contribution in [2.75, 3.05) is 6.61 Å². The van der Waals surface area contributed by atoms with E-state index in [1.165, 1.54) is 23.5 Å². The van der Waals surface area contributed by atoms with Crippen LogP contribution in [0.1, 0.15) is 27.7 Å². The largest absolute Gasteiger partial charge is 0.462 e. The zero-order chi connectivity index (χ0) is 17.3. The van der Waals surface area contributed by atoms with Crippen LogP contribution in [0.4, 0.5) is 4.39 Å². The van der Waals surface area contributed by atoms with E-state index in [0.29, 0.717) is 5.56 Å². The Hall–Kier alpha value is -2.24. The van der Waals surface area contributed by atoms with E-state index < -0.39 is 11.8 Å². The molecule has 0 amide bonds. The van der Waals surface area contributed by atoms with Gasteiger partial charge in [0.2, 0.25) is 0 Å². The van der Waals surface area contributed by atoms with Crippen molar-refractivity contribution in [3.8, 4) is 11.1 Å². The summed E-state index contributed by atoms with van der Waals surface area (Å²) in [6.07, 6.45) is 0. The quantitative estimate of drug-likeness (QED) is 0.699. The Labute approximate surface area is 143 Å². The van der Waals surface area contributed by atoms with Gasteiger partial charge in [-0.3, -0.25) is 0 Å². The number of carbonyl (C=O) groups is 1. The van der Waals surface area contributed by atoms with Gasteiger partial charge in [-0.2, -0.15) is 0 Å². The van der Waals surface area contributed by atoms with E-state index in [1.54, 1.807) is 13.0 Å². The number of benzene rings is 2. The topological polar surface area (TPSA) is 46.5 Å². The van der Waals surface area contributed by atoms with Crippen LogP contribution in [0.25, 0.3) is 21.2 Å². The van der Waals surface area contributed by atoms with Crippen LogP contribution in [0, 0.1) is 12.7 Å². The first kappa shape index (κ1) is 16.6. The van der Waals surface area contributed by atoms with Gasteiger partial charge >= 0.3 is 5.97 Å². The maximum Gasteiger partial charge on any atom is 0.338 e. The second-order valence-electron chi connectivity index (χ2n) is 5.44. The average molecular weight is 344 g/mol. The average Bonchev–Trinajstić information content (AvgIpc) is 2.91. The lowest BCUT2D eigenvalue weighted by atomic mass is 10.0. The molecule has 2 aromatic carbocycles. The van der Waals surface area contributed by atoms with Crippen molar-refractivity contribution in [1.29, 1.82) is 0 Å². The number of esters is 1. The highest BCUT2D eigenvalue weighted by atomic mass is 32.1. The number of hydrogen-bond acceptors (Lipinski definition) is 4. The summed E-state index contributed by atoms with van der Waals surface area (Å²) in [5.41, 5.74) is 2.68. The highest BCUT2D eigenvalue weighted by Crippen LogP contribution is 2.38. The number of halogens is 1. The molecule has 0 atom stereocenters. The van der Waals surface area contributed by atoms with Crippen LogP contribution in [0.5, 0.6) is 0 Å². The van der Waals surface area contributed by atoms with E-state index in [4.69, 9.17) is 4.74 Å². The van der Waals surface area contributed by atoms with E-state index in [9.17, 15) is 14.3 Å². The first-order valence-corrected chi connectivity index (χ1v) is 8.46. The lowest BCUT2D eigenvalue weighted by Gasteiger charge is -2.07. The fourth-order valence-electron chi connectivity index (χ4n) is 2.75. The molecule has 0 aliphatic carbocycles. The fourth-order valence-corrected chi connectivity index (χ4v) is 3.95. The summed E-state index contributed by atoms with van der Waals surface area (Å²) in [5, 5.41) is 10.5. The Kier molecular flexibility index (Phi) is 4.64. The molecule has 0 unspecified atom stereocenters. The standard InChI is InChI=1S/C19H17FO3S/c1-3-23-19(22)13-7-12(8-14(20)9-13)16-6-4-5-15-11(2)17(10-21)24-18(15)16/h4-9,21H,3,10H2,1-2H3. The lowest BCUT2D eigenvalue weighted by Crippen LogP contribution is -2.05. The molecule has 0 saturated heterocycles. The Morgan fingerprint density at radius 1 is 1.29 bits per heavy atom. The van der Waals surface area contributed by atoms with Gasteiger partial charge in [0.25, 0.3) is 0 Å². The second kappa shape index (κ2) is 6.71. The Morgan fingerprint density at radius 3 is 2.79 bits per heavy atom. The Balaban J connectivity index is 2.19. The first-order valence-electron chi connectivity index (χ1n) is 7.65. The highest BCUT2D eigenvalue weighted by Gasteiger charge is 2.15. The van der Waals surface area contributed by atoms with Gasteiger partial charge in [-0.15, -0.1) is 11.3 Å². The Morgan fingerprint density at radius 2 is 2.08 bits per heavy atom. The minimum Gasteiger partial charge on any atom is -0.462 e. The molecule has 124 valence electrons. The van der Waals surface area contributed by atoms with Crippen molar-refractivity contribution in [2.24, 2.45) is 0 Å². The van der Waals surface area contributed by atoms with Gasteiger partial charge in [-0.05, 0) is 54.1 Å². The van der Waals surface area contributed by atoms with Gasteiger partial charge in [0.1, 0.15) is 5.82 Å². The molecule has 0 saturated carbocycles. The number of ether oxygens (including phenoxy) is 1. The van der Waals surface area contributed by atoms with E-state index in [2.05, 4.69) is 0 Å². The summed E-state index contributed by atoms with van der Waals surface area (Å²) in [7, 11) is 0. The molecule has 3 aromatic rings. The molecule has 0 aliphatic heterocycles. The molecule has 1 N–H and O–H groups in total. The zero-order valence-electron chi connectivity index (χ0n) is 13.4. The van der Waals surface area contributed by atoms with Crippen molar-refractivity contribution in [3.05, 3.63) is 58.2 Å². The van der Waals surface area contributed by atoms with Crippen molar-refractivity contribution in [1.82, 2.24) is 0 Å². The summed E-state index contributed by atoms with van der Waals surface area (Å²) < 4.78 is 20.0. The maximum absolute atomic E-state index is 14.0. The van der Waals surface area contributed by atoms with E-state index in [-0.39, 0.29) is 18.8 Å². The zero-order valence-corrected chi connectivity index (χ0v) is 14.2. The minimum atomic E-state index is -0.538. The molecule has 1 heterocycles. The molecular formula is C19H17FO3S. The van der Waals surface area contributed by atoms with Gasteiger partial charge < -0.3 is 9.84 Å². The number of hydrogen-bond donors (Lipinski definition) is 1. The van der Waals surface area contributed by atoms with Crippen LogP contribution in [0.3, 0.4) is 0 Å². The van der Waals surface area contributed by atoms with E-state index >= 15 is 0 Å². The highest BCUT2D eigenvalue weighted by molar-refractivity contribution is 7.19. The van der Waals surface area contributed by atoms with Crippen LogP contribution in [-0.4, -0.2) is 17.7 Å². The van der Waals surface area contributed by atoms with Crippen molar-refractivity contribution in [2.45, 2.75) is 20.5 Å². The van der Waals surface area contributed by atoms with Crippen molar-refractivity contribution < 1.29 is 19.0 Å². The number of fused-ring (bicyclic) bond motifs is 1. The molecule has 0 aliphatic rings. The number of aliphatic hydroxyl groups is 1. The Bertz CT molecular complexity index is 914. The number of aliphatic hydroxyl groups excluding tert-OH is 1. The molecule has 3 nitrogen and oxygen atoms in total. The first-order chi connectivity index (χ1) is 11.5. The van der Waals surface area contributed by atoms with Crippen LogP contribution in [0.2, 0.25) is 0 Å². The fraction of sp³-hybridized carbons (Fsp3) is 0.211. The van der Waals surface area contributed by atoms with Crippen LogP contribution in [-0.2, 0) is 11.3 Å². The van der Waals surface area contributed by atoms with Gasteiger partial charge in [-0.25, -0.2) is 9.18 Å². The summed E-state index contributed by atoms with van der Waals surface area (Å²) in [5.74, 6) is -1.02. The molecule has 3 rings (SSSR count). The smallest absolute Gasteiger partial charge is 0.338 e. The summed E-state index contributed by atoms with van der Waals surface area (Å²) in [6, 6.07) is 10.0. The monoisotopic (exact) mass is 344 g/mol. The lowest BCUT2D eigenvalue weighted by molar-refractivity contribution is 0.0526. The minimum absolute atomic E-state index is 0.0259. The maximum atomic E-state index is 14.0.